The van der Waals surface area contributed by atoms with Gasteiger partial charge in [-0.2, -0.15) is 0 Å². The highest BCUT2D eigenvalue weighted by atomic mass is 32.2. The van der Waals surface area contributed by atoms with Gasteiger partial charge in [0.25, 0.3) is 5.91 Å². The van der Waals surface area contributed by atoms with E-state index in [2.05, 4.69) is 11.0 Å². The monoisotopic (exact) mass is 531 g/mol. The van der Waals surface area contributed by atoms with Crippen LogP contribution in [-0.4, -0.2) is 48.7 Å². The maximum atomic E-state index is 13.5. The number of methoxy groups -OCH3 is 1. The second kappa shape index (κ2) is 11.9. The minimum Gasteiger partial charge on any atom is -0.496 e. The quantitative estimate of drug-likeness (QED) is 0.236. The molecule has 1 unspecified atom stereocenters. The number of piperidine rings is 1. The summed E-state index contributed by atoms with van der Waals surface area (Å²) in [6.45, 7) is 2.14. The molecule has 2 bridgehead atoms. The molecule has 5 rings (SSSR count). The second-order valence-electron chi connectivity index (χ2n) is 9.69. The molecule has 2 fully saturated rings. The highest BCUT2D eigenvalue weighted by Gasteiger charge is 2.44. The van der Waals surface area contributed by atoms with Gasteiger partial charge in [0.15, 0.2) is 0 Å². The number of carbonyl (C=O) groups excluding carboxylic acids is 2. The first-order valence-corrected chi connectivity index (χ1v) is 14.2. The molecule has 0 saturated carbocycles. The number of nitrogens with zero attached hydrogens (tertiary/aromatic N) is 1. The van der Waals surface area contributed by atoms with E-state index in [9.17, 15) is 9.59 Å². The minimum atomic E-state index is -0.327. The van der Waals surface area contributed by atoms with Crippen LogP contribution in [0.1, 0.15) is 58.9 Å². The molecule has 2 heterocycles. The molecule has 6 nitrogen and oxygen atoms in total. The number of ether oxygens (including phenoxy) is 3. The third-order valence-electron chi connectivity index (χ3n) is 7.26. The van der Waals surface area contributed by atoms with Crippen molar-refractivity contribution in [3.8, 4) is 11.5 Å². The fourth-order valence-corrected chi connectivity index (χ4v) is 6.41. The summed E-state index contributed by atoms with van der Waals surface area (Å²) in [5.41, 5.74) is 2.42. The summed E-state index contributed by atoms with van der Waals surface area (Å²) >= 11 is 1.73. The van der Waals surface area contributed by atoms with Crippen molar-refractivity contribution in [1.82, 2.24) is 4.90 Å². The van der Waals surface area contributed by atoms with Gasteiger partial charge in [0.1, 0.15) is 17.6 Å². The Bertz CT molecular complexity index is 1250. The Labute approximate surface area is 228 Å². The van der Waals surface area contributed by atoms with Gasteiger partial charge in [-0.15, -0.1) is 11.8 Å². The molecule has 0 spiro atoms. The fraction of sp³-hybridized carbons (Fsp3) is 0.355. The van der Waals surface area contributed by atoms with Gasteiger partial charge in [-0.25, -0.2) is 4.79 Å². The predicted molar refractivity (Wildman–Crippen MR) is 148 cm³/mol. The molecule has 198 valence electrons. The number of para-hydroxylation sites is 1. The van der Waals surface area contributed by atoms with Crippen molar-refractivity contribution in [2.45, 2.75) is 61.4 Å². The van der Waals surface area contributed by atoms with Crippen LogP contribution in [0.25, 0.3) is 0 Å². The van der Waals surface area contributed by atoms with Gasteiger partial charge in [-0.3, -0.25) is 4.79 Å². The van der Waals surface area contributed by atoms with Crippen LogP contribution in [0, 0.1) is 0 Å². The molecular weight excluding hydrogens is 498 g/mol. The van der Waals surface area contributed by atoms with Gasteiger partial charge in [0.2, 0.25) is 0 Å². The molecular formula is C31H33NO5S. The number of carbonyl (C=O) groups is 2. The van der Waals surface area contributed by atoms with Gasteiger partial charge in [0.05, 0.1) is 19.3 Å². The highest BCUT2D eigenvalue weighted by Crippen LogP contribution is 2.38. The lowest BCUT2D eigenvalue weighted by Crippen LogP contribution is -2.49. The van der Waals surface area contributed by atoms with Crippen LogP contribution in [0.3, 0.4) is 0 Å². The van der Waals surface area contributed by atoms with E-state index in [0.29, 0.717) is 12.2 Å². The van der Waals surface area contributed by atoms with E-state index in [1.165, 1.54) is 5.56 Å². The first kappa shape index (κ1) is 26.2. The normalized spacial score (nSPS) is 20.2. The number of benzene rings is 3. The molecule has 0 N–H and O–H groups in total. The van der Waals surface area contributed by atoms with E-state index >= 15 is 0 Å². The molecule has 3 atom stereocenters. The van der Waals surface area contributed by atoms with E-state index < -0.39 is 0 Å². The summed E-state index contributed by atoms with van der Waals surface area (Å²) in [5.74, 6) is 2.21. The Morgan fingerprint density at radius 1 is 0.895 bits per heavy atom. The zero-order valence-corrected chi connectivity index (χ0v) is 22.6. The summed E-state index contributed by atoms with van der Waals surface area (Å²) < 4.78 is 16.7. The molecule has 0 aliphatic carbocycles. The smallest absolute Gasteiger partial charge is 0.338 e. The van der Waals surface area contributed by atoms with Crippen LogP contribution in [0.5, 0.6) is 11.5 Å². The summed E-state index contributed by atoms with van der Waals surface area (Å²) in [4.78, 5) is 28.5. The van der Waals surface area contributed by atoms with Crippen LogP contribution >= 0.6 is 11.8 Å². The van der Waals surface area contributed by atoms with Gasteiger partial charge in [0, 0.05) is 41.1 Å². The Morgan fingerprint density at radius 2 is 1.55 bits per heavy atom. The molecule has 7 heteroatoms. The van der Waals surface area contributed by atoms with E-state index in [0.717, 1.165) is 53.4 Å². The van der Waals surface area contributed by atoms with Gasteiger partial charge in [-0.1, -0.05) is 24.3 Å². The molecule has 2 saturated heterocycles. The molecule has 2 aliphatic heterocycles. The Balaban J connectivity index is 1.17. The largest absolute Gasteiger partial charge is 0.496 e. The first-order valence-electron chi connectivity index (χ1n) is 13.2. The Morgan fingerprint density at radius 3 is 2.21 bits per heavy atom. The standard InChI is InChI=1S/C31H33NO5S/c1-3-36-31(34)23-12-16-26(17-13-23)37-27-18-24-14-15-25(19-27)32(24)30(33)22-10-8-21(9-11-22)20-38-29-7-5-4-6-28(29)35-2/h4-13,16-17,24-25,27H,3,14-15,18-20H2,1-2H3/t24-,25+,27?. The number of esters is 1. The van der Waals surface area contributed by atoms with Crippen molar-refractivity contribution in [2.75, 3.05) is 13.7 Å². The lowest BCUT2D eigenvalue weighted by Gasteiger charge is -2.39. The number of thioether (sulfide) groups is 1. The molecule has 0 aromatic heterocycles. The van der Waals surface area contributed by atoms with Gasteiger partial charge in [-0.05, 0) is 73.9 Å². The average Bonchev–Trinajstić information content (AvgIpc) is 3.22. The van der Waals surface area contributed by atoms with Crippen molar-refractivity contribution >= 4 is 23.6 Å². The average molecular weight is 532 g/mol. The first-order chi connectivity index (χ1) is 18.6. The van der Waals surface area contributed by atoms with E-state index in [-0.39, 0.29) is 30.1 Å². The predicted octanol–water partition coefficient (Wildman–Crippen LogP) is 6.38. The minimum absolute atomic E-state index is 0.0550. The van der Waals surface area contributed by atoms with Crippen LogP contribution in [0.2, 0.25) is 0 Å². The topological polar surface area (TPSA) is 65.1 Å². The number of hydrogen-bond donors (Lipinski definition) is 0. The second-order valence-corrected chi connectivity index (χ2v) is 10.7. The lowest BCUT2D eigenvalue weighted by atomic mass is 9.98. The fourth-order valence-electron chi connectivity index (χ4n) is 5.42. The van der Waals surface area contributed by atoms with Crippen LogP contribution in [-0.2, 0) is 10.5 Å². The summed E-state index contributed by atoms with van der Waals surface area (Å²) in [7, 11) is 1.69. The Hall–Kier alpha value is -3.45. The van der Waals surface area contributed by atoms with E-state index in [1.807, 2.05) is 54.6 Å². The Kier molecular flexibility index (Phi) is 8.23. The van der Waals surface area contributed by atoms with E-state index in [4.69, 9.17) is 14.2 Å². The summed E-state index contributed by atoms with van der Waals surface area (Å²) in [6.07, 6.45) is 3.70. The van der Waals surface area contributed by atoms with Crippen molar-refractivity contribution in [3.05, 3.63) is 89.5 Å². The summed E-state index contributed by atoms with van der Waals surface area (Å²) in [5, 5.41) is 0. The van der Waals surface area contributed by atoms with Crippen molar-refractivity contribution in [3.63, 3.8) is 0 Å². The molecule has 1 amide bonds. The maximum absolute atomic E-state index is 13.5. The SMILES string of the molecule is CCOC(=O)c1ccc(OC2C[C@H]3CC[C@@H](C2)N3C(=O)c2ccc(CSc3ccccc3OC)cc2)cc1. The van der Waals surface area contributed by atoms with Crippen LogP contribution in [0.15, 0.2) is 77.7 Å². The van der Waals surface area contributed by atoms with Crippen LogP contribution < -0.4 is 9.47 Å². The number of hydrogen-bond acceptors (Lipinski definition) is 6. The van der Waals surface area contributed by atoms with Crippen molar-refractivity contribution in [2.24, 2.45) is 0 Å². The van der Waals surface area contributed by atoms with Gasteiger partial charge < -0.3 is 19.1 Å². The van der Waals surface area contributed by atoms with Crippen molar-refractivity contribution in [1.29, 1.82) is 0 Å². The van der Waals surface area contributed by atoms with Gasteiger partial charge >= 0.3 is 5.97 Å². The highest BCUT2D eigenvalue weighted by molar-refractivity contribution is 7.98. The van der Waals surface area contributed by atoms with Crippen LogP contribution in [0.4, 0.5) is 0 Å². The third-order valence-corrected chi connectivity index (χ3v) is 8.38. The molecule has 38 heavy (non-hydrogen) atoms. The molecule has 2 aliphatic rings. The zero-order valence-electron chi connectivity index (χ0n) is 21.8. The van der Waals surface area contributed by atoms with Crippen molar-refractivity contribution < 1.29 is 23.8 Å². The molecule has 3 aromatic rings. The maximum Gasteiger partial charge on any atom is 0.338 e. The number of amides is 1. The molecule has 3 aromatic carbocycles. The number of rotatable bonds is 9. The zero-order chi connectivity index (χ0) is 26.5. The number of fused-ring (bicyclic) bond motifs is 2. The third kappa shape index (κ3) is 5.83. The lowest BCUT2D eigenvalue weighted by molar-refractivity contribution is 0.0359. The molecule has 0 radical (unpaired) electrons. The summed E-state index contributed by atoms with van der Waals surface area (Å²) in [6, 6.07) is 23.5. The van der Waals surface area contributed by atoms with E-state index in [1.54, 1.807) is 37.9 Å².